The van der Waals surface area contributed by atoms with E-state index in [-0.39, 0.29) is 0 Å². The molecule has 2 rings (SSSR count). The molecular weight excluding hydrogens is 297 g/mol. The van der Waals surface area contributed by atoms with Gasteiger partial charge in [0.2, 0.25) is 0 Å². The Bertz CT molecular complexity index is 540. The summed E-state index contributed by atoms with van der Waals surface area (Å²) >= 11 is 19.4. The minimum absolute atomic E-state index is 0.457. The van der Waals surface area contributed by atoms with E-state index in [1.54, 1.807) is 12.1 Å². The van der Waals surface area contributed by atoms with Crippen LogP contribution < -0.4 is 5.73 Å². The molecule has 0 radical (unpaired) electrons. The maximum atomic E-state index is 6.09. The van der Waals surface area contributed by atoms with Crippen LogP contribution in [0.3, 0.4) is 0 Å². The monoisotopic (exact) mass is 303 g/mol. The number of hydrogen-bond donors (Lipinski definition) is 1. The Labute approximate surface area is 119 Å². The summed E-state index contributed by atoms with van der Waals surface area (Å²) in [6, 6.07) is 10.9. The topological polar surface area (TPSA) is 26.0 Å². The van der Waals surface area contributed by atoms with Crippen LogP contribution in [-0.2, 0) is 0 Å². The fourth-order valence-electron chi connectivity index (χ4n) is 1.25. The second-order valence-electron chi connectivity index (χ2n) is 3.37. The molecule has 0 bridgehead atoms. The van der Waals surface area contributed by atoms with Gasteiger partial charge in [0.25, 0.3) is 0 Å². The highest BCUT2D eigenvalue weighted by Gasteiger charge is 2.07. The molecule has 2 N–H and O–H groups in total. The lowest BCUT2D eigenvalue weighted by Crippen LogP contribution is -1.83. The Morgan fingerprint density at radius 1 is 0.824 bits per heavy atom. The van der Waals surface area contributed by atoms with Crippen molar-refractivity contribution < 1.29 is 0 Å². The number of halogens is 3. The van der Waals surface area contributed by atoms with E-state index in [1.165, 1.54) is 11.8 Å². The van der Waals surface area contributed by atoms with Gasteiger partial charge >= 0.3 is 0 Å². The van der Waals surface area contributed by atoms with Crippen LogP contribution in [0.15, 0.2) is 46.2 Å². The summed E-state index contributed by atoms with van der Waals surface area (Å²) < 4.78 is 0. The van der Waals surface area contributed by atoms with Crippen LogP contribution in [0.5, 0.6) is 0 Å². The van der Waals surface area contributed by atoms with Crippen LogP contribution >= 0.6 is 46.6 Å². The molecule has 0 aliphatic carbocycles. The van der Waals surface area contributed by atoms with Gasteiger partial charge in [-0.05, 0) is 36.4 Å². The number of benzene rings is 2. The van der Waals surface area contributed by atoms with E-state index in [0.29, 0.717) is 15.1 Å². The lowest BCUT2D eigenvalue weighted by Gasteiger charge is -2.06. The third-order valence-electron chi connectivity index (χ3n) is 2.08. The van der Waals surface area contributed by atoms with Crippen LogP contribution in [0.1, 0.15) is 0 Å². The molecule has 0 aliphatic heterocycles. The van der Waals surface area contributed by atoms with Crippen LogP contribution in [0.2, 0.25) is 15.1 Å². The van der Waals surface area contributed by atoms with Gasteiger partial charge in [-0.1, -0.05) is 46.6 Å². The first-order chi connectivity index (χ1) is 8.06. The standard InChI is InChI=1S/C12H8Cl3NS/c13-9-5-11(15)12(6-10(9)14)17-8-3-1-7(16)2-4-8/h1-6H,16H2. The van der Waals surface area contributed by atoms with Gasteiger partial charge in [-0.2, -0.15) is 0 Å². The summed E-state index contributed by atoms with van der Waals surface area (Å²) in [5.41, 5.74) is 6.35. The molecule has 0 aromatic heterocycles. The summed E-state index contributed by atoms with van der Waals surface area (Å²) in [7, 11) is 0. The fourth-order valence-corrected chi connectivity index (χ4v) is 2.83. The maximum Gasteiger partial charge on any atom is 0.0607 e. The quantitative estimate of drug-likeness (QED) is 0.595. The van der Waals surface area contributed by atoms with Crippen LogP contribution in [0.4, 0.5) is 5.69 Å². The SMILES string of the molecule is Nc1ccc(Sc2cc(Cl)c(Cl)cc2Cl)cc1. The Kier molecular flexibility index (Phi) is 4.10. The molecule has 0 heterocycles. The van der Waals surface area contributed by atoms with Gasteiger partial charge < -0.3 is 5.73 Å². The van der Waals surface area contributed by atoms with Crippen LogP contribution in [-0.4, -0.2) is 0 Å². The highest BCUT2D eigenvalue weighted by atomic mass is 35.5. The number of rotatable bonds is 2. The molecule has 0 saturated heterocycles. The zero-order valence-electron chi connectivity index (χ0n) is 8.58. The van der Waals surface area contributed by atoms with E-state index >= 15 is 0 Å². The molecule has 0 unspecified atom stereocenters. The molecule has 5 heteroatoms. The van der Waals surface area contributed by atoms with E-state index < -0.39 is 0 Å². The molecule has 2 aromatic rings. The van der Waals surface area contributed by atoms with E-state index in [1.807, 2.05) is 24.3 Å². The van der Waals surface area contributed by atoms with Gasteiger partial charge in [-0.25, -0.2) is 0 Å². The maximum absolute atomic E-state index is 6.09. The van der Waals surface area contributed by atoms with Crippen molar-refractivity contribution >= 4 is 52.3 Å². The zero-order chi connectivity index (χ0) is 12.4. The molecular formula is C12H8Cl3NS. The normalized spacial score (nSPS) is 10.5. The summed E-state index contributed by atoms with van der Waals surface area (Å²) in [6.45, 7) is 0. The highest BCUT2D eigenvalue weighted by Crippen LogP contribution is 2.38. The van der Waals surface area contributed by atoms with Crippen molar-refractivity contribution in [3.05, 3.63) is 51.5 Å². The second-order valence-corrected chi connectivity index (χ2v) is 5.70. The predicted octanol–water partition coefficient (Wildman–Crippen LogP) is 5.38. The van der Waals surface area contributed by atoms with Gasteiger partial charge in [0, 0.05) is 15.5 Å². The molecule has 0 fully saturated rings. The van der Waals surface area contributed by atoms with Crippen molar-refractivity contribution in [2.45, 2.75) is 9.79 Å². The molecule has 0 aliphatic rings. The first-order valence-electron chi connectivity index (χ1n) is 4.74. The molecule has 0 saturated carbocycles. The van der Waals surface area contributed by atoms with Gasteiger partial charge in [-0.3, -0.25) is 0 Å². The average Bonchev–Trinajstić information content (AvgIpc) is 2.29. The van der Waals surface area contributed by atoms with Gasteiger partial charge in [0.1, 0.15) is 0 Å². The number of hydrogen-bond acceptors (Lipinski definition) is 2. The van der Waals surface area contributed by atoms with Crippen molar-refractivity contribution in [1.29, 1.82) is 0 Å². The lowest BCUT2D eigenvalue weighted by atomic mass is 10.3. The minimum atomic E-state index is 0.457. The van der Waals surface area contributed by atoms with Crippen LogP contribution in [0.25, 0.3) is 0 Å². The summed E-state index contributed by atoms with van der Waals surface area (Å²) in [5, 5.41) is 1.54. The average molecular weight is 305 g/mol. The number of nitrogen functional groups attached to an aromatic ring is 1. The largest absolute Gasteiger partial charge is 0.399 e. The molecule has 2 aromatic carbocycles. The molecule has 17 heavy (non-hydrogen) atoms. The van der Waals surface area contributed by atoms with Crippen molar-refractivity contribution in [1.82, 2.24) is 0 Å². The van der Waals surface area contributed by atoms with Crippen molar-refractivity contribution in [3.8, 4) is 0 Å². The lowest BCUT2D eigenvalue weighted by molar-refractivity contribution is 1.41. The number of anilines is 1. The van der Waals surface area contributed by atoms with E-state index in [4.69, 9.17) is 40.5 Å². The van der Waals surface area contributed by atoms with Crippen molar-refractivity contribution in [3.63, 3.8) is 0 Å². The van der Waals surface area contributed by atoms with E-state index in [2.05, 4.69) is 0 Å². The first-order valence-corrected chi connectivity index (χ1v) is 6.69. The summed E-state index contributed by atoms with van der Waals surface area (Å²) in [5.74, 6) is 0. The molecule has 1 nitrogen and oxygen atoms in total. The number of nitrogens with two attached hydrogens (primary N) is 1. The molecule has 0 amide bonds. The Hall–Kier alpha value is -0.540. The van der Waals surface area contributed by atoms with Gasteiger partial charge in [-0.15, -0.1) is 0 Å². The van der Waals surface area contributed by atoms with Crippen molar-refractivity contribution in [2.75, 3.05) is 5.73 Å². The van der Waals surface area contributed by atoms with Gasteiger partial charge in [0.05, 0.1) is 15.1 Å². The molecule has 0 spiro atoms. The molecule has 0 atom stereocenters. The summed E-state index contributed by atoms with van der Waals surface area (Å²) in [6.07, 6.45) is 0. The Morgan fingerprint density at radius 2 is 1.41 bits per heavy atom. The first kappa shape index (κ1) is 12.9. The van der Waals surface area contributed by atoms with E-state index in [9.17, 15) is 0 Å². The third-order valence-corrected chi connectivity index (χ3v) is 4.30. The fraction of sp³-hybridized carbons (Fsp3) is 0. The molecule has 88 valence electrons. The summed E-state index contributed by atoms with van der Waals surface area (Å²) in [4.78, 5) is 1.91. The van der Waals surface area contributed by atoms with E-state index in [0.717, 1.165) is 15.5 Å². The van der Waals surface area contributed by atoms with Crippen LogP contribution in [0, 0.1) is 0 Å². The highest BCUT2D eigenvalue weighted by molar-refractivity contribution is 7.99. The van der Waals surface area contributed by atoms with Crippen molar-refractivity contribution in [2.24, 2.45) is 0 Å². The predicted molar refractivity (Wildman–Crippen MR) is 76.4 cm³/mol. The Balaban J connectivity index is 2.30. The smallest absolute Gasteiger partial charge is 0.0607 e. The Morgan fingerprint density at radius 3 is 2.06 bits per heavy atom. The minimum Gasteiger partial charge on any atom is -0.399 e. The zero-order valence-corrected chi connectivity index (χ0v) is 11.7. The third kappa shape index (κ3) is 3.23. The second kappa shape index (κ2) is 5.40. The van der Waals surface area contributed by atoms with Gasteiger partial charge in [0.15, 0.2) is 0 Å².